The fourth-order valence-corrected chi connectivity index (χ4v) is 3.34. The first kappa shape index (κ1) is 15.6. The molecule has 0 bridgehead atoms. The van der Waals surface area contributed by atoms with Gasteiger partial charge in [0.05, 0.1) is 0 Å². The minimum absolute atomic E-state index is 0.0742. The van der Waals surface area contributed by atoms with Gasteiger partial charge in [-0.25, -0.2) is 0 Å². The third kappa shape index (κ3) is 2.83. The number of nitrogens with zero attached hydrogens (tertiary/aromatic N) is 1. The predicted molar refractivity (Wildman–Crippen MR) is 99.0 cm³/mol. The average molecular weight is 333 g/mol. The first-order valence-corrected chi connectivity index (χ1v) is 8.36. The number of fused-ring (bicyclic) bond motifs is 2. The van der Waals surface area contributed by atoms with E-state index in [0.717, 1.165) is 23.9 Å². The number of aryl methyl sites for hydroxylation is 1. The van der Waals surface area contributed by atoms with Crippen molar-refractivity contribution >= 4 is 22.4 Å². The Kier molecular flexibility index (Phi) is 3.86. The van der Waals surface area contributed by atoms with E-state index in [2.05, 4.69) is 16.7 Å². The third-order valence-electron chi connectivity index (χ3n) is 4.73. The van der Waals surface area contributed by atoms with Gasteiger partial charge in [0, 0.05) is 36.4 Å². The van der Waals surface area contributed by atoms with Crippen LogP contribution in [0.4, 0.5) is 5.69 Å². The molecule has 3 aromatic rings. The fraction of sp³-hybridized carbons (Fsp3) is 0.200. The van der Waals surface area contributed by atoms with Gasteiger partial charge in [-0.2, -0.15) is 0 Å². The molecule has 126 valence electrons. The number of hydrogen-bond donors (Lipinski definition) is 2. The lowest BCUT2D eigenvalue weighted by molar-refractivity contribution is 0.102. The van der Waals surface area contributed by atoms with Crippen molar-refractivity contribution in [3.63, 3.8) is 0 Å². The summed E-state index contributed by atoms with van der Waals surface area (Å²) in [6.45, 7) is 1.64. The van der Waals surface area contributed by atoms with E-state index in [9.17, 15) is 9.59 Å². The molecule has 2 N–H and O–H groups in total. The number of pyridine rings is 1. The topological polar surface area (TPSA) is 63.1 Å². The number of nitrogens with one attached hydrogen (secondary N) is 2. The van der Waals surface area contributed by atoms with Crippen LogP contribution in [0.25, 0.3) is 10.8 Å². The standard InChI is InChI=1S/C20H19N3O2/c1-23-10-8-14-5-6-15(11-17(14)20(23)25)22-19(24)16-4-2-3-13-7-9-21-12-18(13)16/h2-6,8,10-11,21H,7,9,12H2,1H3,(H,22,24). The maximum absolute atomic E-state index is 12.8. The molecule has 4 rings (SSSR count). The minimum atomic E-state index is -0.146. The minimum Gasteiger partial charge on any atom is -0.322 e. The van der Waals surface area contributed by atoms with Gasteiger partial charge in [-0.3, -0.25) is 9.59 Å². The van der Waals surface area contributed by atoms with E-state index in [-0.39, 0.29) is 11.5 Å². The van der Waals surface area contributed by atoms with Crippen LogP contribution in [-0.2, 0) is 20.0 Å². The fourth-order valence-electron chi connectivity index (χ4n) is 3.34. The second-order valence-electron chi connectivity index (χ2n) is 6.36. The van der Waals surface area contributed by atoms with E-state index in [4.69, 9.17) is 0 Å². The Labute approximate surface area is 145 Å². The molecule has 1 aliphatic heterocycles. The molecule has 5 nitrogen and oxygen atoms in total. The Morgan fingerprint density at radius 2 is 2.08 bits per heavy atom. The molecule has 1 aromatic heterocycles. The van der Waals surface area contributed by atoms with Gasteiger partial charge in [-0.1, -0.05) is 18.2 Å². The monoisotopic (exact) mass is 333 g/mol. The van der Waals surface area contributed by atoms with Crippen LogP contribution in [0.3, 0.4) is 0 Å². The summed E-state index contributed by atoms with van der Waals surface area (Å²) in [5.41, 5.74) is 3.52. The second-order valence-corrected chi connectivity index (χ2v) is 6.36. The highest BCUT2D eigenvalue weighted by Gasteiger charge is 2.17. The summed E-state index contributed by atoms with van der Waals surface area (Å²) in [4.78, 5) is 25.0. The van der Waals surface area contributed by atoms with Crippen LogP contribution in [0.15, 0.2) is 53.5 Å². The summed E-state index contributed by atoms with van der Waals surface area (Å²) < 4.78 is 1.53. The molecule has 0 unspecified atom stereocenters. The lowest BCUT2D eigenvalue weighted by Crippen LogP contribution is -2.27. The Morgan fingerprint density at radius 1 is 1.20 bits per heavy atom. The zero-order valence-corrected chi connectivity index (χ0v) is 14.0. The smallest absolute Gasteiger partial charge is 0.258 e. The Morgan fingerprint density at radius 3 is 2.96 bits per heavy atom. The SMILES string of the molecule is Cn1ccc2ccc(NC(=O)c3cccc4c3CNCC4)cc2c1=O. The molecule has 2 heterocycles. The molecule has 0 radical (unpaired) electrons. The summed E-state index contributed by atoms with van der Waals surface area (Å²) >= 11 is 0. The van der Waals surface area contributed by atoms with Crippen LogP contribution >= 0.6 is 0 Å². The summed E-state index contributed by atoms with van der Waals surface area (Å²) in [6, 6.07) is 13.2. The molecular weight excluding hydrogens is 314 g/mol. The molecule has 0 aliphatic carbocycles. The number of anilines is 1. The van der Waals surface area contributed by atoms with E-state index < -0.39 is 0 Å². The molecule has 1 amide bonds. The summed E-state index contributed by atoms with van der Waals surface area (Å²) in [7, 11) is 1.72. The van der Waals surface area contributed by atoms with E-state index in [1.807, 2.05) is 30.3 Å². The van der Waals surface area contributed by atoms with Crippen molar-refractivity contribution in [1.29, 1.82) is 0 Å². The molecule has 0 saturated heterocycles. The van der Waals surface area contributed by atoms with Crippen LogP contribution in [0.1, 0.15) is 21.5 Å². The number of benzene rings is 2. The quantitative estimate of drug-likeness (QED) is 0.757. The number of rotatable bonds is 2. The highest BCUT2D eigenvalue weighted by Crippen LogP contribution is 2.21. The number of hydrogen-bond acceptors (Lipinski definition) is 3. The second kappa shape index (κ2) is 6.18. The number of aromatic nitrogens is 1. The van der Waals surface area contributed by atoms with E-state index in [1.165, 1.54) is 10.1 Å². The van der Waals surface area contributed by atoms with Crippen LogP contribution in [0.5, 0.6) is 0 Å². The van der Waals surface area contributed by atoms with Gasteiger partial charge in [0.2, 0.25) is 0 Å². The molecule has 0 fully saturated rings. The molecule has 2 aromatic carbocycles. The summed E-state index contributed by atoms with van der Waals surface area (Å²) in [5, 5.41) is 7.71. The highest BCUT2D eigenvalue weighted by molar-refractivity contribution is 6.06. The lowest BCUT2D eigenvalue weighted by Gasteiger charge is -2.20. The van der Waals surface area contributed by atoms with Crippen LogP contribution in [-0.4, -0.2) is 17.0 Å². The molecule has 0 atom stereocenters. The van der Waals surface area contributed by atoms with Gasteiger partial charge in [-0.15, -0.1) is 0 Å². The molecule has 0 spiro atoms. The first-order valence-electron chi connectivity index (χ1n) is 8.36. The Hall–Kier alpha value is -2.92. The lowest BCUT2D eigenvalue weighted by atomic mass is 9.95. The van der Waals surface area contributed by atoms with Crippen LogP contribution in [0, 0.1) is 0 Å². The van der Waals surface area contributed by atoms with Crippen LogP contribution in [0.2, 0.25) is 0 Å². The van der Waals surface area contributed by atoms with Gasteiger partial charge >= 0.3 is 0 Å². The van der Waals surface area contributed by atoms with Gasteiger partial charge in [0.15, 0.2) is 0 Å². The Bertz CT molecular complexity index is 1040. The van der Waals surface area contributed by atoms with Gasteiger partial charge in [0.1, 0.15) is 0 Å². The molecule has 5 heteroatoms. The van der Waals surface area contributed by atoms with Crippen molar-refractivity contribution < 1.29 is 4.79 Å². The largest absolute Gasteiger partial charge is 0.322 e. The summed E-state index contributed by atoms with van der Waals surface area (Å²) in [6.07, 6.45) is 2.68. The van der Waals surface area contributed by atoms with Crippen molar-refractivity contribution in [3.05, 3.63) is 75.7 Å². The van der Waals surface area contributed by atoms with Gasteiger partial charge in [-0.05, 0) is 53.7 Å². The van der Waals surface area contributed by atoms with Crippen molar-refractivity contribution in [2.45, 2.75) is 13.0 Å². The molecule has 0 saturated carbocycles. The normalized spacial score (nSPS) is 13.5. The zero-order chi connectivity index (χ0) is 17.4. The van der Waals surface area contributed by atoms with Crippen LogP contribution < -0.4 is 16.2 Å². The number of amides is 1. The maximum Gasteiger partial charge on any atom is 0.258 e. The third-order valence-corrected chi connectivity index (χ3v) is 4.73. The van der Waals surface area contributed by atoms with Crippen molar-refractivity contribution in [1.82, 2.24) is 9.88 Å². The van der Waals surface area contributed by atoms with Gasteiger partial charge < -0.3 is 15.2 Å². The summed E-state index contributed by atoms with van der Waals surface area (Å²) in [5.74, 6) is -0.146. The van der Waals surface area contributed by atoms with Gasteiger partial charge in [0.25, 0.3) is 11.5 Å². The van der Waals surface area contributed by atoms with E-state index in [1.54, 1.807) is 19.3 Å². The predicted octanol–water partition coefficient (Wildman–Crippen LogP) is 2.44. The number of carbonyl (C=O) groups excluding carboxylic acids is 1. The van der Waals surface area contributed by atoms with Crippen molar-refractivity contribution in [2.24, 2.45) is 7.05 Å². The first-order chi connectivity index (χ1) is 12.1. The molecule has 25 heavy (non-hydrogen) atoms. The molecular formula is C20H19N3O2. The molecule has 1 aliphatic rings. The zero-order valence-electron chi connectivity index (χ0n) is 14.0. The average Bonchev–Trinajstić information content (AvgIpc) is 2.64. The number of carbonyl (C=O) groups is 1. The Balaban J connectivity index is 1.69. The van der Waals surface area contributed by atoms with E-state index in [0.29, 0.717) is 23.2 Å². The van der Waals surface area contributed by atoms with Crippen molar-refractivity contribution in [3.8, 4) is 0 Å². The van der Waals surface area contributed by atoms with E-state index >= 15 is 0 Å². The highest BCUT2D eigenvalue weighted by atomic mass is 16.1. The van der Waals surface area contributed by atoms with Crippen molar-refractivity contribution in [2.75, 3.05) is 11.9 Å². The maximum atomic E-state index is 12.8.